The molecule has 1 aliphatic carbocycles. The van der Waals surface area contributed by atoms with Crippen LogP contribution < -0.4 is 24.8 Å². The Morgan fingerprint density at radius 2 is 1.88 bits per heavy atom. The zero-order valence-corrected chi connectivity index (χ0v) is 30.4. The van der Waals surface area contributed by atoms with Gasteiger partial charge in [-0.05, 0) is 54.3 Å². The third-order valence-electron chi connectivity index (χ3n) is 9.45. The number of sulfonamides is 1. The minimum Gasteiger partial charge on any atom is -0.497 e. The van der Waals surface area contributed by atoms with Gasteiger partial charge in [-0.3, -0.25) is 19.1 Å². The van der Waals surface area contributed by atoms with Gasteiger partial charge in [0.1, 0.15) is 35.6 Å². The molecule has 0 spiro atoms. The third-order valence-corrected chi connectivity index (χ3v) is 11.3. The lowest BCUT2D eigenvalue weighted by Crippen LogP contribution is -2.63. The molecule has 2 saturated heterocycles. The first-order valence-corrected chi connectivity index (χ1v) is 18.6. The minimum atomic E-state index is -3.94. The molecule has 15 nitrogen and oxygen atoms in total. The summed E-state index contributed by atoms with van der Waals surface area (Å²) in [4.78, 5) is 60.8. The van der Waals surface area contributed by atoms with Gasteiger partial charge in [0.2, 0.25) is 27.7 Å². The van der Waals surface area contributed by atoms with Crippen LogP contribution in [0.4, 0.5) is 4.79 Å². The van der Waals surface area contributed by atoms with Crippen LogP contribution in [0.25, 0.3) is 10.8 Å². The number of fused-ring (bicyclic) bond motifs is 1. The fourth-order valence-electron chi connectivity index (χ4n) is 6.18. The van der Waals surface area contributed by atoms with Crippen molar-refractivity contribution in [1.29, 1.82) is 0 Å². The lowest BCUT2D eigenvalue weighted by Gasteiger charge is -2.36. The lowest BCUT2D eigenvalue weighted by molar-refractivity contribution is -0.143. The Kier molecular flexibility index (Phi) is 11.1. The molecule has 1 aromatic heterocycles. The number of carbonyl (C=O) groups is 4. The highest BCUT2D eigenvalue weighted by Gasteiger charge is 2.49. The molecular formula is C35H47N5O10S. The van der Waals surface area contributed by atoms with Crippen LogP contribution in [-0.4, -0.2) is 104 Å². The van der Waals surface area contributed by atoms with Crippen molar-refractivity contribution >= 4 is 44.6 Å². The zero-order valence-electron chi connectivity index (χ0n) is 29.6. The molecule has 5 atom stereocenters. The molecule has 51 heavy (non-hydrogen) atoms. The van der Waals surface area contributed by atoms with Crippen LogP contribution >= 0.6 is 0 Å². The molecule has 5 rings (SSSR count). The van der Waals surface area contributed by atoms with Gasteiger partial charge in [-0.2, -0.15) is 0 Å². The smallest absolute Gasteiger partial charge is 0.408 e. The number of carbonyl (C=O) groups excluding carboxylic acids is 4. The van der Waals surface area contributed by atoms with E-state index in [1.807, 2.05) is 6.07 Å². The molecule has 3 N–H and O–H groups in total. The Balaban J connectivity index is 1.43. The van der Waals surface area contributed by atoms with Crippen molar-refractivity contribution in [3.05, 3.63) is 43.1 Å². The Labute approximate surface area is 297 Å². The van der Waals surface area contributed by atoms with Gasteiger partial charge in [0.15, 0.2) is 0 Å². The maximum absolute atomic E-state index is 14.5. The number of hydrogen-bond donors (Lipinski definition) is 3. The Hall–Kier alpha value is -4.44. The van der Waals surface area contributed by atoms with E-state index in [1.165, 1.54) is 11.0 Å². The van der Waals surface area contributed by atoms with Gasteiger partial charge in [0, 0.05) is 24.4 Å². The van der Waals surface area contributed by atoms with Crippen molar-refractivity contribution in [2.75, 3.05) is 26.9 Å². The van der Waals surface area contributed by atoms with Crippen LogP contribution in [0.2, 0.25) is 0 Å². The van der Waals surface area contributed by atoms with Crippen LogP contribution in [-0.2, 0) is 33.9 Å². The van der Waals surface area contributed by atoms with E-state index >= 15 is 0 Å². The Morgan fingerprint density at radius 3 is 2.49 bits per heavy atom. The molecule has 0 bridgehead atoms. The number of ether oxygens (including phenoxy) is 4. The van der Waals surface area contributed by atoms with Crippen molar-refractivity contribution in [3.63, 3.8) is 0 Å². The van der Waals surface area contributed by atoms with E-state index in [4.69, 9.17) is 18.9 Å². The number of nitrogens with one attached hydrogen (secondary N) is 3. The molecule has 278 valence electrons. The number of aromatic nitrogens is 1. The van der Waals surface area contributed by atoms with E-state index in [1.54, 1.807) is 59.2 Å². The zero-order chi connectivity index (χ0) is 37.1. The first-order chi connectivity index (χ1) is 24.1. The molecule has 0 unspecified atom stereocenters. The second kappa shape index (κ2) is 15.0. The van der Waals surface area contributed by atoms with Crippen LogP contribution in [0.1, 0.15) is 59.8 Å². The molecule has 1 aromatic carbocycles. The van der Waals surface area contributed by atoms with Gasteiger partial charge in [0.05, 0.1) is 32.1 Å². The maximum atomic E-state index is 14.5. The van der Waals surface area contributed by atoms with Crippen LogP contribution in [0.15, 0.2) is 43.1 Å². The number of alkyl carbamates (subject to hydrolysis) is 1. The third kappa shape index (κ3) is 8.55. The molecule has 2 aliphatic heterocycles. The highest BCUT2D eigenvalue weighted by molar-refractivity contribution is 7.91. The summed E-state index contributed by atoms with van der Waals surface area (Å²) in [6.07, 6.45) is 2.15. The fourth-order valence-corrected chi connectivity index (χ4v) is 7.55. The van der Waals surface area contributed by atoms with Gasteiger partial charge in [-0.1, -0.05) is 33.8 Å². The van der Waals surface area contributed by atoms with E-state index in [0.29, 0.717) is 37.0 Å². The topological polar surface area (TPSA) is 192 Å². The Morgan fingerprint density at radius 1 is 1.14 bits per heavy atom. The van der Waals surface area contributed by atoms with Crippen molar-refractivity contribution in [2.45, 2.75) is 94.9 Å². The summed E-state index contributed by atoms with van der Waals surface area (Å²) in [6, 6.07) is 4.87. The summed E-state index contributed by atoms with van der Waals surface area (Å²) in [5, 5.41) is 6.20. The van der Waals surface area contributed by atoms with Crippen LogP contribution in [0, 0.1) is 5.41 Å². The molecule has 3 fully saturated rings. The van der Waals surface area contributed by atoms with Crippen molar-refractivity contribution < 1.29 is 46.5 Å². The molecule has 4 amide bonds. The second-order valence-corrected chi connectivity index (χ2v) is 16.2. The number of likely N-dealkylation sites (tertiary alicyclic amines) is 1. The highest BCUT2D eigenvalue weighted by atomic mass is 32.2. The van der Waals surface area contributed by atoms with Gasteiger partial charge >= 0.3 is 6.09 Å². The van der Waals surface area contributed by atoms with Crippen LogP contribution in [0.5, 0.6) is 11.6 Å². The molecule has 1 saturated carbocycles. The summed E-state index contributed by atoms with van der Waals surface area (Å²) in [7, 11) is -2.38. The molecule has 16 heteroatoms. The van der Waals surface area contributed by atoms with Gasteiger partial charge in [0.25, 0.3) is 5.91 Å². The Bertz CT molecular complexity index is 1770. The number of hydrogen-bond acceptors (Lipinski definition) is 11. The van der Waals surface area contributed by atoms with Crippen LogP contribution in [0.3, 0.4) is 0 Å². The summed E-state index contributed by atoms with van der Waals surface area (Å²) in [5.74, 6) is -1.34. The summed E-state index contributed by atoms with van der Waals surface area (Å²) >= 11 is 0. The van der Waals surface area contributed by atoms with Gasteiger partial charge in [-0.25, -0.2) is 18.2 Å². The van der Waals surface area contributed by atoms with E-state index < -0.39 is 74.3 Å². The average Bonchev–Trinajstić information content (AvgIpc) is 3.69. The summed E-state index contributed by atoms with van der Waals surface area (Å²) in [5.41, 5.74) is -2.64. The molecule has 3 heterocycles. The van der Waals surface area contributed by atoms with Crippen molar-refractivity contribution in [2.24, 2.45) is 5.41 Å². The first kappa shape index (κ1) is 37.8. The van der Waals surface area contributed by atoms with E-state index in [-0.39, 0.29) is 31.9 Å². The predicted molar refractivity (Wildman–Crippen MR) is 186 cm³/mol. The first-order valence-electron chi connectivity index (χ1n) is 17.1. The normalized spacial score (nSPS) is 22.4. The number of amides is 4. The molecule has 3 aliphatic rings. The fraction of sp³-hybridized carbons (Fsp3) is 0.571. The van der Waals surface area contributed by atoms with Crippen molar-refractivity contribution in [1.82, 2.24) is 25.2 Å². The standard InChI is InChI=1S/C35H47N5O10S/c1-7-35(8-2,32(43)39-51(45,46)25-10-11-25)38-29(41)27-18-24(49-30-26-12-9-22(47-6)17-21(26)13-15-36-30)19-40(27)31(42)28(34(3,4)5)37-33(44)50-23-14-16-48-20-23/h7,9,12-13,15,17,23-25,27-28H,1,8,10-11,14,16,18-20H2,2-6H3,(H,37,44)(H,38,41)(H,39,43)/t23-,24+,27-,28+,35-/m0/s1. The quantitative estimate of drug-likeness (QED) is 0.257. The monoisotopic (exact) mass is 729 g/mol. The number of rotatable bonds is 13. The number of nitrogens with zero attached hydrogens (tertiary/aromatic N) is 2. The summed E-state index contributed by atoms with van der Waals surface area (Å²) < 4.78 is 49.9. The van der Waals surface area contributed by atoms with E-state index in [9.17, 15) is 27.6 Å². The average molecular weight is 730 g/mol. The SMILES string of the molecule is C=C[C@@](CC)(NC(=O)[C@@H]1C[C@@H](Oc2nccc3cc(OC)ccc23)CN1C(=O)[C@@H](NC(=O)O[C@H]1CCOC1)C(C)(C)C)C(=O)NS(=O)(=O)C1CC1. The van der Waals surface area contributed by atoms with Gasteiger partial charge in [-0.15, -0.1) is 6.58 Å². The number of benzene rings is 1. The predicted octanol–water partition coefficient (Wildman–Crippen LogP) is 2.58. The van der Waals surface area contributed by atoms with E-state index in [0.717, 1.165) is 5.39 Å². The maximum Gasteiger partial charge on any atom is 0.408 e. The van der Waals surface area contributed by atoms with Crippen molar-refractivity contribution in [3.8, 4) is 11.6 Å². The number of methoxy groups -OCH3 is 1. The minimum absolute atomic E-state index is 0.00849. The number of pyridine rings is 1. The largest absolute Gasteiger partial charge is 0.497 e. The lowest BCUT2D eigenvalue weighted by atomic mass is 9.85. The highest BCUT2D eigenvalue weighted by Crippen LogP contribution is 2.33. The summed E-state index contributed by atoms with van der Waals surface area (Å²) in [6.45, 7) is 11.3. The molecule has 0 radical (unpaired) electrons. The van der Waals surface area contributed by atoms with Gasteiger partial charge < -0.3 is 34.5 Å². The van der Waals surface area contributed by atoms with E-state index in [2.05, 4.69) is 26.9 Å². The second-order valence-electron chi connectivity index (χ2n) is 14.2. The molecular weight excluding hydrogens is 682 g/mol. The molecule has 2 aromatic rings.